The average Bonchev–Trinajstić information content (AvgIpc) is 2.21. The van der Waals surface area contributed by atoms with Gasteiger partial charge in [0.25, 0.3) is 0 Å². The maximum Gasteiger partial charge on any atom is 0.146 e. The Morgan fingerprint density at radius 1 is 0.933 bits per heavy atom. The van der Waals surface area contributed by atoms with Crippen LogP contribution in [0.3, 0.4) is 0 Å². The van der Waals surface area contributed by atoms with Gasteiger partial charge in [-0.05, 0) is 61.7 Å². The molecule has 4 saturated carbocycles. The summed E-state index contributed by atoms with van der Waals surface area (Å²) in [6, 6.07) is 0. The Balaban J connectivity index is 1.60. The van der Waals surface area contributed by atoms with E-state index in [1.165, 1.54) is 25.7 Å². The van der Waals surface area contributed by atoms with E-state index < -0.39 is 0 Å². The van der Waals surface area contributed by atoms with E-state index in [1.54, 1.807) is 13.5 Å². The lowest BCUT2D eigenvalue weighted by Crippen LogP contribution is -2.46. The van der Waals surface area contributed by atoms with Gasteiger partial charge in [0, 0.05) is 7.11 Å². The standard InChI is InChI=1S/C13H22O2/c1-14-8-15-7-13-11-3-9-2-10(5-11)6-12(13)4-9/h9-13H,2-8H2,1H3. The van der Waals surface area contributed by atoms with Crippen LogP contribution in [0.15, 0.2) is 0 Å². The highest BCUT2D eigenvalue weighted by Gasteiger charge is 2.47. The zero-order valence-electron chi connectivity index (χ0n) is 9.65. The second-order valence-corrected chi connectivity index (χ2v) is 5.87. The third kappa shape index (κ3) is 1.83. The highest BCUT2D eigenvalue weighted by Crippen LogP contribution is 2.56. The fourth-order valence-corrected chi connectivity index (χ4v) is 4.58. The van der Waals surface area contributed by atoms with Gasteiger partial charge in [-0.15, -0.1) is 0 Å². The molecule has 4 aliphatic rings. The Kier molecular flexibility index (Phi) is 2.73. The average molecular weight is 210 g/mol. The molecule has 4 bridgehead atoms. The summed E-state index contributed by atoms with van der Waals surface area (Å²) >= 11 is 0. The summed E-state index contributed by atoms with van der Waals surface area (Å²) in [5, 5.41) is 0. The normalized spacial score (nSPS) is 47.4. The molecule has 2 nitrogen and oxygen atoms in total. The molecule has 0 saturated heterocycles. The van der Waals surface area contributed by atoms with Gasteiger partial charge in [-0.25, -0.2) is 0 Å². The van der Waals surface area contributed by atoms with E-state index in [4.69, 9.17) is 9.47 Å². The molecule has 4 aliphatic carbocycles. The Morgan fingerprint density at radius 2 is 1.53 bits per heavy atom. The van der Waals surface area contributed by atoms with Crippen molar-refractivity contribution in [2.45, 2.75) is 32.1 Å². The molecule has 0 amide bonds. The molecule has 15 heavy (non-hydrogen) atoms. The summed E-state index contributed by atoms with van der Waals surface area (Å²) in [6.45, 7) is 1.42. The molecular weight excluding hydrogens is 188 g/mol. The first-order valence-corrected chi connectivity index (χ1v) is 6.43. The van der Waals surface area contributed by atoms with Crippen molar-refractivity contribution in [1.82, 2.24) is 0 Å². The van der Waals surface area contributed by atoms with Crippen molar-refractivity contribution < 1.29 is 9.47 Å². The van der Waals surface area contributed by atoms with Crippen molar-refractivity contribution in [3.63, 3.8) is 0 Å². The molecule has 0 aromatic heterocycles. The molecule has 0 N–H and O–H groups in total. The van der Waals surface area contributed by atoms with Crippen molar-refractivity contribution in [3.05, 3.63) is 0 Å². The molecule has 0 aromatic rings. The molecule has 0 aromatic carbocycles. The minimum absolute atomic E-state index is 0.475. The predicted molar refractivity (Wildman–Crippen MR) is 58.4 cm³/mol. The molecule has 4 fully saturated rings. The van der Waals surface area contributed by atoms with Crippen LogP contribution in [0.5, 0.6) is 0 Å². The van der Waals surface area contributed by atoms with Crippen molar-refractivity contribution in [3.8, 4) is 0 Å². The maximum absolute atomic E-state index is 5.59. The second kappa shape index (κ2) is 4.06. The van der Waals surface area contributed by atoms with Crippen LogP contribution in [0.2, 0.25) is 0 Å². The number of ether oxygens (including phenoxy) is 2. The summed E-state index contributed by atoms with van der Waals surface area (Å²) in [5.74, 6) is 4.97. The van der Waals surface area contributed by atoms with Gasteiger partial charge < -0.3 is 9.47 Å². The summed E-state index contributed by atoms with van der Waals surface area (Å²) in [4.78, 5) is 0. The number of hydrogen-bond acceptors (Lipinski definition) is 2. The van der Waals surface area contributed by atoms with Gasteiger partial charge in [0.05, 0.1) is 6.61 Å². The van der Waals surface area contributed by atoms with Gasteiger partial charge in [-0.3, -0.25) is 0 Å². The molecule has 0 atom stereocenters. The molecule has 0 unspecified atom stereocenters. The lowest BCUT2D eigenvalue weighted by Gasteiger charge is -2.54. The summed E-state index contributed by atoms with van der Waals surface area (Å²) < 4.78 is 10.5. The minimum Gasteiger partial charge on any atom is -0.359 e. The van der Waals surface area contributed by atoms with E-state index in [0.717, 1.165) is 36.2 Å². The highest BCUT2D eigenvalue weighted by molar-refractivity contribution is 4.97. The van der Waals surface area contributed by atoms with Crippen LogP contribution >= 0.6 is 0 Å². The first-order valence-electron chi connectivity index (χ1n) is 6.43. The lowest BCUT2D eigenvalue weighted by atomic mass is 9.52. The molecule has 2 heteroatoms. The van der Waals surface area contributed by atoms with Crippen LogP contribution in [-0.4, -0.2) is 20.5 Å². The quantitative estimate of drug-likeness (QED) is 0.524. The number of methoxy groups -OCH3 is 1. The van der Waals surface area contributed by atoms with E-state index >= 15 is 0 Å². The molecule has 0 spiro atoms. The van der Waals surface area contributed by atoms with Crippen molar-refractivity contribution in [2.24, 2.45) is 29.6 Å². The Labute approximate surface area is 92.3 Å². The van der Waals surface area contributed by atoms with Crippen LogP contribution in [0, 0.1) is 29.6 Å². The van der Waals surface area contributed by atoms with Crippen LogP contribution in [0.4, 0.5) is 0 Å². The van der Waals surface area contributed by atoms with Gasteiger partial charge in [0.2, 0.25) is 0 Å². The Bertz CT molecular complexity index is 199. The lowest BCUT2D eigenvalue weighted by molar-refractivity contribution is -0.105. The van der Waals surface area contributed by atoms with Crippen LogP contribution in [0.25, 0.3) is 0 Å². The first-order chi connectivity index (χ1) is 7.36. The van der Waals surface area contributed by atoms with Gasteiger partial charge in [0.1, 0.15) is 6.79 Å². The van der Waals surface area contributed by atoms with Crippen LogP contribution < -0.4 is 0 Å². The van der Waals surface area contributed by atoms with Crippen molar-refractivity contribution >= 4 is 0 Å². The van der Waals surface area contributed by atoms with Gasteiger partial charge in [-0.2, -0.15) is 0 Å². The van der Waals surface area contributed by atoms with Crippen LogP contribution in [-0.2, 0) is 9.47 Å². The van der Waals surface area contributed by atoms with Gasteiger partial charge in [-0.1, -0.05) is 0 Å². The SMILES string of the molecule is COCOCC1C2CC3CC(C2)CC1C3. The first kappa shape index (κ1) is 10.1. The molecule has 0 radical (unpaired) electrons. The van der Waals surface area contributed by atoms with E-state index in [-0.39, 0.29) is 0 Å². The third-order valence-corrected chi connectivity index (χ3v) is 4.93. The molecule has 86 valence electrons. The van der Waals surface area contributed by atoms with E-state index in [0.29, 0.717) is 6.79 Å². The Morgan fingerprint density at radius 3 is 2.07 bits per heavy atom. The number of rotatable bonds is 4. The predicted octanol–water partition coefficient (Wildman–Crippen LogP) is 2.68. The molecule has 4 rings (SSSR count). The zero-order valence-corrected chi connectivity index (χ0v) is 9.65. The van der Waals surface area contributed by atoms with E-state index in [2.05, 4.69) is 0 Å². The van der Waals surface area contributed by atoms with E-state index in [9.17, 15) is 0 Å². The largest absolute Gasteiger partial charge is 0.359 e. The van der Waals surface area contributed by atoms with Crippen LogP contribution in [0.1, 0.15) is 32.1 Å². The van der Waals surface area contributed by atoms with Gasteiger partial charge in [0.15, 0.2) is 0 Å². The molecule has 0 aliphatic heterocycles. The summed E-state index contributed by atoms with van der Waals surface area (Å²) in [7, 11) is 1.71. The summed E-state index contributed by atoms with van der Waals surface area (Å²) in [5.41, 5.74) is 0. The summed E-state index contributed by atoms with van der Waals surface area (Å²) in [6.07, 6.45) is 7.52. The zero-order chi connectivity index (χ0) is 10.3. The Hall–Kier alpha value is -0.0800. The van der Waals surface area contributed by atoms with Gasteiger partial charge >= 0.3 is 0 Å². The molecular formula is C13H22O2. The fraction of sp³-hybridized carbons (Fsp3) is 1.00. The van der Waals surface area contributed by atoms with Crippen molar-refractivity contribution in [1.29, 1.82) is 0 Å². The van der Waals surface area contributed by atoms with E-state index in [1.807, 2.05) is 0 Å². The fourth-order valence-electron chi connectivity index (χ4n) is 4.58. The minimum atomic E-state index is 0.475. The third-order valence-electron chi connectivity index (χ3n) is 4.93. The molecule has 0 heterocycles. The number of hydrogen-bond donors (Lipinski definition) is 0. The maximum atomic E-state index is 5.59. The highest BCUT2D eigenvalue weighted by atomic mass is 16.7. The monoisotopic (exact) mass is 210 g/mol. The second-order valence-electron chi connectivity index (χ2n) is 5.87. The topological polar surface area (TPSA) is 18.5 Å². The van der Waals surface area contributed by atoms with Crippen molar-refractivity contribution in [2.75, 3.05) is 20.5 Å². The smallest absolute Gasteiger partial charge is 0.146 e.